The molecule has 0 bridgehead atoms. The zero-order valence-electron chi connectivity index (χ0n) is 17.6. The molecular formula is C24H24N4O2S. The number of hydrogen-bond donors (Lipinski definition) is 1. The number of amides is 1. The van der Waals surface area contributed by atoms with Crippen LogP contribution in [0.1, 0.15) is 26.8 Å². The Morgan fingerprint density at radius 1 is 0.968 bits per heavy atom. The first-order chi connectivity index (χ1) is 15.0. The molecule has 0 aliphatic rings. The first-order valence-corrected chi connectivity index (χ1v) is 11.0. The zero-order valence-corrected chi connectivity index (χ0v) is 18.5. The van der Waals surface area contributed by atoms with Gasteiger partial charge in [0.15, 0.2) is 5.76 Å². The van der Waals surface area contributed by atoms with E-state index in [0.29, 0.717) is 16.8 Å². The van der Waals surface area contributed by atoms with Crippen LogP contribution in [0.25, 0.3) is 22.6 Å². The number of hydrogen-bond acceptors (Lipinski definition) is 5. The maximum Gasteiger partial charge on any atom is 0.257 e. The highest BCUT2D eigenvalue weighted by Crippen LogP contribution is 2.36. The van der Waals surface area contributed by atoms with Crippen molar-refractivity contribution in [2.75, 3.05) is 5.32 Å². The zero-order chi connectivity index (χ0) is 21.8. The van der Waals surface area contributed by atoms with Gasteiger partial charge in [0.2, 0.25) is 5.91 Å². The summed E-state index contributed by atoms with van der Waals surface area (Å²) in [6.45, 7) is 5.87. The third-order valence-corrected chi connectivity index (χ3v) is 5.69. The molecule has 1 N–H and O–H groups in total. The molecule has 1 atom stereocenters. The predicted molar refractivity (Wildman–Crippen MR) is 124 cm³/mol. The van der Waals surface area contributed by atoms with Crippen LogP contribution in [0.2, 0.25) is 0 Å². The summed E-state index contributed by atoms with van der Waals surface area (Å²) in [7, 11) is 0. The smallest absolute Gasteiger partial charge is 0.257 e. The Labute approximate surface area is 185 Å². The van der Waals surface area contributed by atoms with E-state index in [2.05, 4.69) is 10.4 Å². The lowest BCUT2D eigenvalue weighted by Crippen LogP contribution is -2.24. The molecule has 1 amide bonds. The minimum absolute atomic E-state index is 0.131. The predicted octanol–water partition coefficient (Wildman–Crippen LogP) is 5.91. The van der Waals surface area contributed by atoms with E-state index in [0.717, 1.165) is 16.8 Å². The molecule has 6 nitrogen and oxygen atoms in total. The van der Waals surface area contributed by atoms with Crippen LogP contribution in [0.15, 0.2) is 82.6 Å². The second-order valence-electron chi connectivity index (χ2n) is 7.39. The van der Waals surface area contributed by atoms with Gasteiger partial charge in [0, 0.05) is 23.2 Å². The molecule has 0 saturated heterocycles. The number of benzene rings is 2. The normalized spacial score (nSPS) is 12.1. The topological polar surface area (TPSA) is 73.0 Å². The monoisotopic (exact) mass is 432 g/mol. The Hall–Kier alpha value is -3.32. The second-order valence-corrected chi connectivity index (χ2v) is 8.69. The van der Waals surface area contributed by atoms with E-state index in [1.807, 2.05) is 81.4 Å². The van der Waals surface area contributed by atoms with Gasteiger partial charge in [0.1, 0.15) is 11.5 Å². The summed E-state index contributed by atoms with van der Waals surface area (Å²) < 4.78 is 7.91. The number of rotatable bonds is 7. The summed E-state index contributed by atoms with van der Waals surface area (Å²) in [6, 6.07) is 21.7. The van der Waals surface area contributed by atoms with Crippen LogP contribution < -0.4 is 5.32 Å². The lowest BCUT2D eigenvalue weighted by molar-refractivity contribution is -0.115. The van der Waals surface area contributed by atoms with E-state index < -0.39 is 5.25 Å². The van der Waals surface area contributed by atoms with Crippen molar-refractivity contribution in [1.29, 1.82) is 0 Å². The fourth-order valence-corrected chi connectivity index (χ4v) is 3.93. The van der Waals surface area contributed by atoms with Crippen molar-refractivity contribution in [2.45, 2.75) is 37.3 Å². The Morgan fingerprint density at radius 3 is 2.26 bits per heavy atom. The molecule has 0 aliphatic heterocycles. The molecule has 0 radical (unpaired) electrons. The number of aromatic nitrogens is 3. The molecule has 2 aromatic heterocycles. The van der Waals surface area contributed by atoms with Gasteiger partial charge in [-0.3, -0.25) is 4.79 Å². The van der Waals surface area contributed by atoms with Crippen molar-refractivity contribution in [2.24, 2.45) is 0 Å². The van der Waals surface area contributed by atoms with Gasteiger partial charge in [0.25, 0.3) is 5.22 Å². The highest BCUT2D eigenvalue weighted by atomic mass is 32.2. The molecule has 2 aromatic carbocycles. The average molecular weight is 433 g/mol. The number of nitrogens with zero attached hydrogens (tertiary/aromatic N) is 3. The first kappa shape index (κ1) is 20.9. The third kappa shape index (κ3) is 4.72. The molecule has 158 valence electrons. The summed E-state index contributed by atoms with van der Waals surface area (Å²) in [5.41, 5.74) is 2.67. The Balaban J connectivity index is 1.57. The van der Waals surface area contributed by atoms with E-state index in [1.165, 1.54) is 11.8 Å². The maximum atomic E-state index is 12.8. The van der Waals surface area contributed by atoms with Gasteiger partial charge in [-0.25, -0.2) is 9.67 Å². The fraction of sp³-hybridized carbons (Fsp3) is 0.208. The lowest BCUT2D eigenvalue weighted by Gasteiger charge is -2.13. The summed E-state index contributed by atoms with van der Waals surface area (Å²) in [4.78, 5) is 17.5. The molecule has 0 spiro atoms. The van der Waals surface area contributed by atoms with Gasteiger partial charge in [-0.1, -0.05) is 72.4 Å². The van der Waals surface area contributed by atoms with Crippen molar-refractivity contribution in [3.8, 4) is 22.6 Å². The molecular weight excluding hydrogens is 408 g/mol. The van der Waals surface area contributed by atoms with Crippen molar-refractivity contribution < 1.29 is 9.21 Å². The van der Waals surface area contributed by atoms with Crippen LogP contribution in [0.5, 0.6) is 0 Å². The van der Waals surface area contributed by atoms with Crippen molar-refractivity contribution in [3.05, 3.63) is 72.9 Å². The van der Waals surface area contributed by atoms with Gasteiger partial charge in [-0.15, -0.1) is 0 Å². The summed E-state index contributed by atoms with van der Waals surface area (Å²) in [6.07, 6.45) is 1.68. The molecule has 1 unspecified atom stereocenters. The van der Waals surface area contributed by atoms with Gasteiger partial charge >= 0.3 is 0 Å². The van der Waals surface area contributed by atoms with Gasteiger partial charge in [0.05, 0.1) is 11.4 Å². The minimum atomic E-state index is -0.401. The molecule has 0 aliphatic carbocycles. The van der Waals surface area contributed by atoms with Crippen molar-refractivity contribution >= 4 is 23.5 Å². The van der Waals surface area contributed by atoms with Crippen LogP contribution in [-0.2, 0) is 4.79 Å². The molecule has 0 saturated carbocycles. The van der Waals surface area contributed by atoms with Gasteiger partial charge < -0.3 is 9.73 Å². The van der Waals surface area contributed by atoms with E-state index >= 15 is 0 Å². The van der Waals surface area contributed by atoms with Crippen molar-refractivity contribution in [1.82, 2.24) is 14.8 Å². The molecule has 2 heterocycles. The van der Waals surface area contributed by atoms with Crippen LogP contribution >= 0.6 is 11.8 Å². The van der Waals surface area contributed by atoms with Crippen LogP contribution in [0.4, 0.5) is 5.82 Å². The number of carbonyl (C=O) groups excluding carboxylic acids is 1. The average Bonchev–Trinajstić information content (AvgIpc) is 3.42. The third-order valence-electron chi connectivity index (χ3n) is 4.75. The van der Waals surface area contributed by atoms with Gasteiger partial charge in [-0.05, 0) is 20.8 Å². The van der Waals surface area contributed by atoms with Crippen LogP contribution in [-0.4, -0.2) is 25.9 Å². The Bertz CT molecular complexity index is 1100. The highest BCUT2D eigenvalue weighted by molar-refractivity contribution is 8.00. The van der Waals surface area contributed by atoms with E-state index in [4.69, 9.17) is 9.40 Å². The largest absolute Gasteiger partial charge is 0.431 e. The number of carbonyl (C=O) groups is 1. The summed E-state index contributed by atoms with van der Waals surface area (Å²) in [5, 5.41) is 7.26. The number of oxazole rings is 1. The molecule has 0 fully saturated rings. The maximum absolute atomic E-state index is 12.8. The summed E-state index contributed by atoms with van der Waals surface area (Å²) in [5.74, 6) is 1.24. The number of anilines is 1. The standard InChI is InChI=1S/C24H24N4O2S/c1-16(2)28-20(14-15-25-28)26-23(29)17(3)31-24-27-21(18-10-6-4-7-11-18)22(30-24)19-12-8-5-9-13-19/h4-17H,1-3H3,(H,26,29). The van der Waals surface area contributed by atoms with Crippen LogP contribution in [0, 0.1) is 0 Å². The molecule has 7 heteroatoms. The lowest BCUT2D eigenvalue weighted by atomic mass is 10.1. The number of nitrogens with one attached hydrogen (secondary N) is 1. The Morgan fingerprint density at radius 2 is 1.61 bits per heavy atom. The van der Waals surface area contributed by atoms with Crippen molar-refractivity contribution in [3.63, 3.8) is 0 Å². The number of thioether (sulfide) groups is 1. The fourth-order valence-electron chi connectivity index (χ4n) is 3.19. The van der Waals surface area contributed by atoms with E-state index in [-0.39, 0.29) is 11.9 Å². The highest BCUT2D eigenvalue weighted by Gasteiger charge is 2.22. The quantitative estimate of drug-likeness (QED) is 0.368. The molecule has 31 heavy (non-hydrogen) atoms. The Kier molecular flexibility index (Phi) is 6.23. The van der Waals surface area contributed by atoms with Gasteiger partial charge in [-0.2, -0.15) is 5.10 Å². The first-order valence-electron chi connectivity index (χ1n) is 10.2. The molecule has 4 rings (SSSR count). The SMILES string of the molecule is CC(Sc1nc(-c2ccccc2)c(-c2ccccc2)o1)C(=O)Nc1ccnn1C(C)C. The van der Waals surface area contributed by atoms with E-state index in [1.54, 1.807) is 16.9 Å². The van der Waals surface area contributed by atoms with E-state index in [9.17, 15) is 4.79 Å². The second kappa shape index (κ2) is 9.22. The molecule has 4 aromatic rings. The van der Waals surface area contributed by atoms with Crippen LogP contribution in [0.3, 0.4) is 0 Å². The minimum Gasteiger partial charge on any atom is -0.431 e. The summed E-state index contributed by atoms with van der Waals surface area (Å²) >= 11 is 1.29.